The Morgan fingerprint density at radius 1 is 1.03 bits per heavy atom. The number of aromatic nitrogens is 2. The third-order valence-electron chi connectivity index (χ3n) is 6.66. The molecule has 206 valence electrons. The normalized spacial score (nSPS) is 14.6. The van der Waals surface area contributed by atoms with Crippen LogP contribution in [0.15, 0.2) is 53.5 Å². The molecule has 1 aliphatic heterocycles. The first-order chi connectivity index (χ1) is 18.6. The summed E-state index contributed by atoms with van der Waals surface area (Å²) in [6, 6.07) is 9.38. The molecule has 1 aliphatic rings. The van der Waals surface area contributed by atoms with Gasteiger partial charge in [0.2, 0.25) is 10.0 Å². The van der Waals surface area contributed by atoms with Gasteiger partial charge < -0.3 is 19.6 Å². The molecule has 12 heteroatoms. The van der Waals surface area contributed by atoms with Crippen LogP contribution in [0.5, 0.6) is 11.5 Å². The summed E-state index contributed by atoms with van der Waals surface area (Å²) in [5.74, 6) is -1.77. The van der Waals surface area contributed by atoms with Gasteiger partial charge in [-0.2, -0.15) is 0 Å². The van der Waals surface area contributed by atoms with E-state index >= 15 is 0 Å². The van der Waals surface area contributed by atoms with E-state index in [9.17, 15) is 22.0 Å². The number of hydrogen-bond acceptors (Lipinski definition) is 6. The molecule has 0 unspecified atom stereocenters. The number of anilines is 1. The van der Waals surface area contributed by atoms with Crippen molar-refractivity contribution >= 4 is 26.6 Å². The van der Waals surface area contributed by atoms with Crippen LogP contribution in [0.4, 0.5) is 14.5 Å². The van der Waals surface area contributed by atoms with Gasteiger partial charge in [-0.1, -0.05) is 0 Å². The predicted octanol–water partition coefficient (Wildman–Crippen LogP) is 3.77. The zero-order chi connectivity index (χ0) is 27.7. The molecule has 2 aromatic carbocycles. The molecule has 9 nitrogen and oxygen atoms in total. The maximum absolute atomic E-state index is 14.5. The van der Waals surface area contributed by atoms with E-state index in [1.54, 1.807) is 19.3 Å². The number of aromatic amines is 1. The molecule has 1 saturated heterocycles. The molecule has 3 N–H and O–H groups in total. The second-order valence-corrected chi connectivity index (χ2v) is 11.5. The zero-order valence-electron chi connectivity index (χ0n) is 21.6. The summed E-state index contributed by atoms with van der Waals surface area (Å²) < 4.78 is 62.4. The number of sulfonamides is 1. The topological polar surface area (TPSA) is 108 Å². The lowest BCUT2D eigenvalue weighted by atomic mass is 10.0. The molecule has 0 saturated carbocycles. The molecule has 0 spiro atoms. The van der Waals surface area contributed by atoms with Gasteiger partial charge in [0.1, 0.15) is 11.6 Å². The minimum atomic E-state index is -3.59. The Bertz CT molecular complexity index is 1690. The highest BCUT2D eigenvalue weighted by molar-refractivity contribution is 7.92. The quantitative estimate of drug-likeness (QED) is 0.305. The molecule has 0 aliphatic carbocycles. The number of benzene rings is 2. The first-order valence-electron chi connectivity index (χ1n) is 12.6. The van der Waals surface area contributed by atoms with Gasteiger partial charge in [0.15, 0.2) is 11.6 Å². The number of rotatable bonds is 8. The maximum Gasteiger partial charge on any atom is 0.259 e. The lowest BCUT2D eigenvalue weighted by molar-refractivity contribution is 0.231. The number of H-pyrrole nitrogens is 1. The molecule has 4 aromatic rings. The Hall–Kier alpha value is -3.74. The Morgan fingerprint density at radius 2 is 1.77 bits per heavy atom. The molecule has 2 aromatic heterocycles. The number of pyridine rings is 1. The molecule has 0 radical (unpaired) electrons. The van der Waals surface area contributed by atoms with Gasteiger partial charge in [-0.15, -0.1) is 0 Å². The van der Waals surface area contributed by atoms with Crippen LogP contribution in [0.1, 0.15) is 12.6 Å². The van der Waals surface area contributed by atoms with E-state index in [2.05, 4.69) is 19.9 Å². The largest absolute Gasteiger partial charge is 0.454 e. The number of piperazine rings is 1. The van der Waals surface area contributed by atoms with E-state index in [4.69, 9.17) is 4.74 Å². The van der Waals surface area contributed by atoms with Crippen molar-refractivity contribution in [1.82, 2.24) is 19.8 Å². The van der Waals surface area contributed by atoms with E-state index in [-0.39, 0.29) is 28.5 Å². The first kappa shape index (κ1) is 26.9. The predicted molar refractivity (Wildman–Crippen MR) is 147 cm³/mol. The van der Waals surface area contributed by atoms with E-state index < -0.39 is 21.7 Å². The summed E-state index contributed by atoms with van der Waals surface area (Å²) in [6.45, 7) is 5.66. The standard InChI is InChI=1S/C27H29F2N5O4S/c1-3-39(36,37)32-18-5-7-24(38-25-6-4-17(28)12-23(25)29)20(13-18)22-16-33(2)27(35)21-14-19(31-26(21)22)15-34-10-8-30-9-11-34/h4-7,12-14,16,30-32H,3,8-11,15H2,1-2H3. The fourth-order valence-electron chi connectivity index (χ4n) is 4.62. The van der Waals surface area contributed by atoms with Gasteiger partial charge in [-0.3, -0.25) is 14.4 Å². The van der Waals surface area contributed by atoms with Crippen LogP contribution in [0.2, 0.25) is 0 Å². The Morgan fingerprint density at radius 3 is 2.49 bits per heavy atom. The number of fused-ring (bicyclic) bond motifs is 1. The van der Waals surface area contributed by atoms with E-state index in [1.807, 2.05) is 6.07 Å². The average Bonchev–Trinajstić information content (AvgIpc) is 3.33. The SMILES string of the molecule is CCS(=O)(=O)Nc1ccc(Oc2ccc(F)cc2F)c(-c2cn(C)c(=O)c3cc(CN4CCNCC4)[nH]c23)c1. The van der Waals surface area contributed by atoms with Crippen molar-refractivity contribution < 1.29 is 21.9 Å². The van der Waals surface area contributed by atoms with Gasteiger partial charge in [0, 0.05) is 74.5 Å². The third-order valence-corrected chi connectivity index (χ3v) is 7.96. The summed E-state index contributed by atoms with van der Waals surface area (Å²) in [5.41, 5.74) is 2.43. The van der Waals surface area contributed by atoms with Crippen LogP contribution in [-0.2, 0) is 23.6 Å². The highest BCUT2D eigenvalue weighted by Gasteiger charge is 2.20. The molecule has 3 heterocycles. The molecule has 1 fully saturated rings. The summed E-state index contributed by atoms with van der Waals surface area (Å²) in [5, 5.41) is 3.77. The molecule has 0 amide bonds. The van der Waals surface area contributed by atoms with Crippen molar-refractivity contribution in [2.24, 2.45) is 7.05 Å². The second kappa shape index (κ2) is 10.8. The minimum Gasteiger partial charge on any atom is -0.454 e. The van der Waals surface area contributed by atoms with Crippen molar-refractivity contribution in [1.29, 1.82) is 0 Å². The minimum absolute atomic E-state index is 0.128. The highest BCUT2D eigenvalue weighted by atomic mass is 32.2. The van der Waals surface area contributed by atoms with Crippen LogP contribution >= 0.6 is 0 Å². The van der Waals surface area contributed by atoms with Crippen LogP contribution in [-0.4, -0.2) is 54.8 Å². The zero-order valence-corrected chi connectivity index (χ0v) is 22.4. The number of hydrogen-bond donors (Lipinski definition) is 3. The van der Waals surface area contributed by atoms with Gasteiger partial charge in [-0.05, 0) is 43.3 Å². The van der Waals surface area contributed by atoms with Gasteiger partial charge >= 0.3 is 0 Å². The van der Waals surface area contributed by atoms with Crippen molar-refractivity contribution in [3.63, 3.8) is 0 Å². The Balaban J connectivity index is 1.65. The molecule has 0 bridgehead atoms. The fourth-order valence-corrected chi connectivity index (χ4v) is 5.25. The molecular formula is C27H29F2N5O4S. The first-order valence-corrected chi connectivity index (χ1v) is 14.2. The van der Waals surface area contributed by atoms with E-state index in [0.29, 0.717) is 28.6 Å². The highest BCUT2D eigenvalue weighted by Crippen LogP contribution is 2.39. The second-order valence-electron chi connectivity index (χ2n) is 9.46. The van der Waals surface area contributed by atoms with Crippen LogP contribution in [0.3, 0.4) is 0 Å². The fraction of sp³-hybridized carbons (Fsp3) is 0.296. The monoisotopic (exact) mass is 557 g/mol. The summed E-state index contributed by atoms with van der Waals surface area (Å²) in [6.07, 6.45) is 1.62. The summed E-state index contributed by atoms with van der Waals surface area (Å²) in [4.78, 5) is 18.7. The maximum atomic E-state index is 14.5. The smallest absolute Gasteiger partial charge is 0.259 e. The van der Waals surface area contributed by atoms with Crippen LogP contribution in [0.25, 0.3) is 22.0 Å². The van der Waals surface area contributed by atoms with Crippen molar-refractivity contribution in [3.05, 3.63) is 76.3 Å². The Labute approximate surface area is 224 Å². The average molecular weight is 558 g/mol. The lowest BCUT2D eigenvalue weighted by Crippen LogP contribution is -2.42. The number of ether oxygens (including phenoxy) is 1. The lowest BCUT2D eigenvalue weighted by Gasteiger charge is -2.26. The third kappa shape index (κ3) is 5.82. The molecule has 5 rings (SSSR count). The molecule has 0 atom stereocenters. The number of nitrogens with one attached hydrogen (secondary N) is 3. The summed E-state index contributed by atoms with van der Waals surface area (Å²) >= 11 is 0. The molecule has 39 heavy (non-hydrogen) atoms. The van der Waals surface area contributed by atoms with Gasteiger partial charge in [0.05, 0.1) is 16.7 Å². The van der Waals surface area contributed by atoms with Crippen LogP contribution in [0, 0.1) is 11.6 Å². The van der Waals surface area contributed by atoms with Crippen molar-refractivity contribution in [2.75, 3.05) is 36.7 Å². The van der Waals surface area contributed by atoms with Crippen LogP contribution < -0.4 is 20.3 Å². The Kier molecular flexibility index (Phi) is 7.43. The molecular weight excluding hydrogens is 528 g/mol. The van der Waals surface area contributed by atoms with E-state index in [0.717, 1.165) is 44.0 Å². The van der Waals surface area contributed by atoms with Gasteiger partial charge in [-0.25, -0.2) is 17.2 Å². The number of aryl methyl sites for hydroxylation is 1. The van der Waals surface area contributed by atoms with E-state index in [1.165, 1.54) is 29.7 Å². The number of nitrogens with zero attached hydrogens (tertiary/aromatic N) is 2. The van der Waals surface area contributed by atoms with Gasteiger partial charge in [0.25, 0.3) is 5.56 Å². The number of halogens is 2. The van der Waals surface area contributed by atoms with Crippen molar-refractivity contribution in [2.45, 2.75) is 13.5 Å². The summed E-state index contributed by atoms with van der Waals surface area (Å²) in [7, 11) is -1.97. The van der Waals surface area contributed by atoms with Crippen molar-refractivity contribution in [3.8, 4) is 22.6 Å².